The number of halogens is 3. The molecule has 0 fully saturated rings. The van der Waals surface area contributed by atoms with E-state index in [4.69, 9.17) is 10.00 Å². The van der Waals surface area contributed by atoms with Crippen molar-refractivity contribution in [3.63, 3.8) is 0 Å². The molecule has 0 amide bonds. The van der Waals surface area contributed by atoms with Gasteiger partial charge in [-0.05, 0) is 12.1 Å². The predicted octanol–water partition coefficient (Wildman–Crippen LogP) is 4.06. The van der Waals surface area contributed by atoms with Gasteiger partial charge in [-0.1, -0.05) is 18.2 Å². The van der Waals surface area contributed by atoms with Gasteiger partial charge < -0.3 is 4.74 Å². The zero-order valence-electron chi connectivity index (χ0n) is 11.5. The summed E-state index contributed by atoms with van der Waals surface area (Å²) >= 11 is 0. The number of hydrogen-bond acceptors (Lipinski definition) is 4. The molecular weight excluding hydrogens is 313 g/mol. The second kappa shape index (κ2) is 6.36. The lowest BCUT2D eigenvalue weighted by Crippen LogP contribution is -2.10. The molecule has 2 aromatic carbocycles. The van der Waals surface area contributed by atoms with E-state index >= 15 is 0 Å². The summed E-state index contributed by atoms with van der Waals surface area (Å²) in [6, 6.07) is 10.5. The van der Waals surface area contributed by atoms with Crippen LogP contribution >= 0.6 is 0 Å². The number of hydrogen-bond donors (Lipinski definition) is 0. The summed E-state index contributed by atoms with van der Waals surface area (Å²) in [6.45, 7) is -0.259. The Bertz CT molecular complexity index is 782. The summed E-state index contributed by atoms with van der Waals surface area (Å²) in [4.78, 5) is 9.70. The molecule has 0 aliphatic carbocycles. The highest BCUT2D eigenvalue weighted by Gasteiger charge is 2.36. The van der Waals surface area contributed by atoms with Crippen molar-refractivity contribution < 1.29 is 22.8 Å². The molecule has 0 saturated carbocycles. The van der Waals surface area contributed by atoms with Gasteiger partial charge in [0.15, 0.2) is 0 Å². The number of nitrogens with zero attached hydrogens (tertiary/aromatic N) is 2. The first-order valence-electron chi connectivity index (χ1n) is 6.29. The van der Waals surface area contributed by atoms with Crippen molar-refractivity contribution in [3.8, 4) is 11.8 Å². The van der Waals surface area contributed by atoms with Gasteiger partial charge in [-0.25, -0.2) is 0 Å². The van der Waals surface area contributed by atoms with Crippen LogP contribution in [0, 0.1) is 21.4 Å². The average molecular weight is 322 g/mol. The molecule has 0 aromatic heterocycles. The number of benzene rings is 2. The van der Waals surface area contributed by atoms with Crippen molar-refractivity contribution >= 4 is 5.69 Å². The molecule has 2 rings (SSSR count). The number of nitro benzene ring substituents is 1. The summed E-state index contributed by atoms with van der Waals surface area (Å²) in [7, 11) is 0. The number of nitro groups is 1. The third-order valence-electron chi connectivity index (χ3n) is 3.00. The Balaban J connectivity index is 2.33. The lowest BCUT2D eigenvalue weighted by Gasteiger charge is -2.14. The van der Waals surface area contributed by atoms with Gasteiger partial charge in [0.05, 0.1) is 16.6 Å². The first-order valence-corrected chi connectivity index (χ1v) is 6.29. The molecule has 0 saturated heterocycles. The van der Waals surface area contributed by atoms with E-state index in [1.54, 1.807) is 18.2 Å². The minimum Gasteiger partial charge on any atom is -0.488 e. The van der Waals surface area contributed by atoms with Crippen LogP contribution < -0.4 is 4.74 Å². The van der Waals surface area contributed by atoms with Gasteiger partial charge in [0.25, 0.3) is 5.69 Å². The molecule has 0 aliphatic heterocycles. The highest BCUT2D eigenvalue weighted by atomic mass is 19.4. The molecule has 0 spiro atoms. The first-order chi connectivity index (χ1) is 10.8. The van der Waals surface area contributed by atoms with Gasteiger partial charge in [0, 0.05) is 17.7 Å². The lowest BCUT2D eigenvalue weighted by molar-refractivity contribution is -0.385. The topological polar surface area (TPSA) is 76.2 Å². The Morgan fingerprint density at radius 1 is 1.22 bits per heavy atom. The van der Waals surface area contributed by atoms with Crippen molar-refractivity contribution in [3.05, 3.63) is 69.3 Å². The highest BCUT2D eigenvalue weighted by Crippen LogP contribution is 2.38. The van der Waals surface area contributed by atoms with E-state index in [2.05, 4.69) is 0 Å². The molecule has 0 N–H and O–H groups in total. The van der Waals surface area contributed by atoms with Crippen molar-refractivity contribution in [2.45, 2.75) is 12.8 Å². The maximum absolute atomic E-state index is 13.0. The largest absolute Gasteiger partial charge is 0.488 e. The average Bonchev–Trinajstić information content (AvgIpc) is 2.52. The zero-order chi connectivity index (χ0) is 17.0. The molecule has 0 atom stereocenters. The summed E-state index contributed by atoms with van der Waals surface area (Å²) in [6.07, 6.45) is -4.80. The van der Waals surface area contributed by atoms with Gasteiger partial charge >= 0.3 is 6.18 Å². The van der Waals surface area contributed by atoms with E-state index in [1.807, 2.05) is 6.07 Å². The van der Waals surface area contributed by atoms with E-state index in [9.17, 15) is 23.3 Å². The van der Waals surface area contributed by atoms with E-state index in [0.29, 0.717) is 11.6 Å². The van der Waals surface area contributed by atoms with Crippen LogP contribution in [0.4, 0.5) is 18.9 Å². The van der Waals surface area contributed by atoms with Crippen LogP contribution in [0.15, 0.2) is 42.5 Å². The Kier molecular flexibility index (Phi) is 4.50. The predicted molar refractivity (Wildman–Crippen MR) is 73.6 cm³/mol. The summed E-state index contributed by atoms with van der Waals surface area (Å²) < 4.78 is 44.2. The fourth-order valence-corrected chi connectivity index (χ4v) is 1.89. The molecule has 5 nitrogen and oxygen atoms in total. The zero-order valence-corrected chi connectivity index (χ0v) is 11.5. The lowest BCUT2D eigenvalue weighted by atomic mass is 10.1. The Labute approximate surface area is 128 Å². The molecule has 0 bridgehead atoms. The molecule has 0 aliphatic rings. The summed E-state index contributed by atoms with van der Waals surface area (Å²) in [5.74, 6) is -0.532. The fourth-order valence-electron chi connectivity index (χ4n) is 1.89. The summed E-state index contributed by atoms with van der Waals surface area (Å²) in [5.41, 5.74) is -1.22. The molecule has 0 radical (unpaired) electrons. The molecular formula is C15H9F3N2O3. The minimum absolute atomic E-state index is 0.259. The van der Waals surface area contributed by atoms with Crippen LogP contribution in [-0.4, -0.2) is 4.92 Å². The van der Waals surface area contributed by atoms with Crippen LogP contribution in [0.1, 0.15) is 16.7 Å². The fraction of sp³-hybridized carbons (Fsp3) is 0.133. The number of alkyl halides is 3. The monoisotopic (exact) mass is 322 g/mol. The van der Waals surface area contributed by atoms with E-state index in [-0.39, 0.29) is 12.2 Å². The van der Waals surface area contributed by atoms with Crippen molar-refractivity contribution in [1.82, 2.24) is 0 Å². The standard InChI is InChI=1S/C15H9F3N2O3/c16-15(17,18)13-7-12(20(21)22)5-6-14(13)23-9-11-4-2-1-3-10(11)8-19/h1-7H,9H2. The number of non-ortho nitro benzene ring substituents is 1. The van der Waals surface area contributed by atoms with Gasteiger partial charge in [0.2, 0.25) is 0 Å². The smallest absolute Gasteiger partial charge is 0.420 e. The van der Waals surface area contributed by atoms with Gasteiger partial charge in [-0.2, -0.15) is 18.4 Å². The molecule has 0 heterocycles. The van der Waals surface area contributed by atoms with Crippen molar-refractivity contribution in [1.29, 1.82) is 5.26 Å². The van der Waals surface area contributed by atoms with Crippen LogP contribution in [0.2, 0.25) is 0 Å². The number of rotatable bonds is 4. The highest BCUT2D eigenvalue weighted by molar-refractivity contribution is 5.46. The quantitative estimate of drug-likeness (QED) is 0.628. The molecule has 8 heteroatoms. The van der Waals surface area contributed by atoms with Crippen LogP contribution in [0.25, 0.3) is 0 Å². The Morgan fingerprint density at radius 2 is 1.91 bits per heavy atom. The van der Waals surface area contributed by atoms with E-state index in [0.717, 1.165) is 12.1 Å². The SMILES string of the molecule is N#Cc1ccccc1COc1ccc([N+](=O)[O-])cc1C(F)(F)F. The van der Waals surface area contributed by atoms with Gasteiger partial charge in [-0.15, -0.1) is 0 Å². The maximum atomic E-state index is 13.0. The van der Waals surface area contributed by atoms with Gasteiger partial charge in [-0.3, -0.25) is 10.1 Å². The van der Waals surface area contributed by atoms with Crippen molar-refractivity contribution in [2.75, 3.05) is 0 Å². The third kappa shape index (κ3) is 3.77. The Hall–Kier alpha value is -3.08. The second-order valence-electron chi connectivity index (χ2n) is 4.49. The minimum atomic E-state index is -4.80. The number of nitriles is 1. The van der Waals surface area contributed by atoms with E-state index in [1.165, 1.54) is 6.07 Å². The molecule has 118 valence electrons. The van der Waals surface area contributed by atoms with Crippen LogP contribution in [0.3, 0.4) is 0 Å². The normalized spacial score (nSPS) is 10.9. The molecule has 0 unspecified atom stereocenters. The second-order valence-corrected chi connectivity index (χ2v) is 4.49. The van der Waals surface area contributed by atoms with Gasteiger partial charge in [0.1, 0.15) is 17.9 Å². The first kappa shape index (κ1) is 16.3. The third-order valence-corrected chi connectivity index (χ3v) is 3.00. The number of ether oxygens (including phenoxy) is 1. The maximum Gasteiger partial charge on any atom is 0.420 e. The van der Waals surface area contributed by atoms with Crippen molar-refractivity contribution in [2.24, 2.45) is 0 Å². The van der Waals surface area contributed by atoms with Crippen LogP contribution in [-0.2, 0) is 12.8 Å². The van der Waals surface area contributed by atoms with Crippen LogP contribution in [0.5, 0.6) is 5.75 Å². The van der Waals surface area contributed by atoms with E-state index < -0.39 is 28.1 Å². The Morgan fingerprint density at radius 3 is 2.52 bits per heavy atom. The molecule has 23 heavy (non-hydrogen) atoms. The summed E-state index contributed by atoms with van der Waals surface area (Å²) in [5, 5.41) is 19.6. The molecule has 2 aromatic rings.